The Bertz CT molecular complexity index is 920. The molecule has 0 aliphatic carbocycles. The SMILES string of the molecule is C[C@H]1CC[C@H](c2ccc3sc(C4=CCN(C(=O)OC(C)(C)C)CC4)nc3c2)NC1. The highest BCUT2D eigenvalue weighted by Gasteiger charge is 2.25. The zero-order valence-corrected chi connectivity index (χ0v) is 18.6. The second-order valence-electron chi connectivity index (χ2n) is 9.30. The lowest BCUT2D eigenvalue weighted by Crippen LogP contribution is -2.39. The number of ether oxygens (including phenoxy) is 1. The van der Waals surface area contributed by atoms with Crippen molar-refractivity contribution >= 4 is 33.2 Å². The molecule has 2 aromatic rings. The van der Waals surface area contributed by atoms with Crippen molar-refractivity contribution in [3.8, 4) is 0 Å². The van der Waals surface area contributed by atoms with Gasteiger partial charge in [0.1, 0.15) is 10.6 Å². The molecule has 1 N–H and O–H groups in total. The highest BCUT2D eigenvalue weighted by Crippen LogP contribution is 2.33. The summed E-state index contributed by atoms with van der Waals surface area (Å²) in [4.78, 5) is 18.9. The van der Waals surface area contributed by atoms with Crippen LogP contribution in [0.4, 0.5) is 4.79 Å². The van der Waals surface area contributed by atoms with Crippen molar-refractivity contribution in [1.82, 2.24) is 15.2 Å². The number of carbonyl (C=O) groups is 1. The fraction of sp³-hybridized carbons (Fsp3) is 0.565. The lowest BCUT2D eigenvalue weighted by molar-refractivity contribution is 0.0270. The van der Waals surface area contributed by atoms with Crippen LogP contribution in [0.25, 0.3) is 15.8 Å². The summed E-state index contributed by atoms with van der Waals surface area (Å²) < 4.78 is 6.71. The molecule has 0 bridgehead atoms. The average molecular weight is 414 g/mol. The Kier molecular flexibility index (Phi) is 5.67. The maximum Gasteiger partial charge on any atom is 0.410 e. The summed E-state index contributed by atoms with van der Waals surface area (Å²) in [5, 5.41) is 4.74. The average Bonchev–Trinajstić information content (AvgIpc) is 3.11. The van der Waals surface area contributed by atoms with Gasteiger partial charge < -0.3 is 15.0 Å². The first-order valence-electron chi connectivity index (χ1n) is 10.6. The van der Waals surface area contributed by atoms with Crippen LogP contribution in [0.15, 0.2) is 24.3 Å². The van der Waals surface area contributed by atoms with Crippen molar-refractivity contribution in [1.29, 1.82) is 0 Å². The van der Waals surface area contributed by atoms with Gasteiger partial charge in [-0.05, 0) is 75.8 Å². The number of piperidine rings is 1. The minimum absolute atomic E-state index is 0.240. The topological polar surface area (TPSA) is 54.5 Å². The third-order valence-electron chi connectivity index (χ3n) is 5.61. The smallest absolute Gasteiger partial charge is 0.410 e. The highest BCUT2D eigenvalue weighted by atomic mass is 32.1. The first-order chi connectivity index (χ1) is 13.8. The van der Waals surface area contributed by atoms with E-state index in [0.29, 0.717) is 19.1 Å². The first kappa shape index (κ1) is 20.4. The number of benzene rings is 1. The molecule has 29 heavy (non-hydrogen) atoms. The first-order valence-corrected chi connectivity index (χ1v) is 11.4. The van der Waals surface area contributed by atoms with E-state index in [9.17, 15) is 4.79 Å². The molecule has 2 aliphatic heterocycles. The maximum absolute atomic E-state index is 12.3. The standard InChI is InChI=1S/C23H31N3O2S/c1-15-5-7-18(24-14-15)17-6-8-20-19(13-17)25-21(29-20)16-9-11-26(12-10-16)22(27)28-23(2,3)4/h6,8-9,13,15,18,24H,5,7,10-12,14H2,1-4H3/t15-,18+/m0/s1. The Balaban J connectivity index is 1.46. The predicted octanol–water partition coefficient (Wildman–Crippen LogP) is 5.38. The molecule has 0 saturated carbocycles. The van der Waals surface area contributed by atoms with Gasteiger partial charge >= 0.3 is 6.09 Å². The van der Waals surface area contributed by atoms with Crippen LogP contribution < -0.4 is 5.32 Å². The minimum Gasteiger partial charge on any atom is -0.444 e. The van der Waals surface area contributed by atoms with Crippen LogP contribution in [0.5, 0.6) is 0 Å². The minimum atomic E-state index is -0.461. The Hall–Kier alpha value is -1.92. The van der Waals surface area contributed by atoms with E-state index in [1.165, 1.54) is 28.7 Å². The Morgan fingerprint density at radius 2 is 2.14 bits per heavy atom. The Morgan fingerprint density at radius 3 is 2.79 bits per heavy atom. The van der Waals surface area contributed by atoms with Gasteiger partial charge in [-0.2, -0.15) is 0 Å². The summed E-state index contributed by atoms with van der Waals surface area (Å²) in [7, 11) is 0. The van der Waals surface area contributed by atoms with E-state index >= 15 is 0 Å². The maximum atomic E-state index is 12.3. The molecule has 2 atom stereocenters. The quantitative estimate of drug-likeness (QED) is 0.718. The van der Waals surface area contributed by atoms with Gasteiger partial charge in [-0.3, -0.25) is 0 Å². The van der Waals surface area contributed by atoms with Gasteiger partial charge in [-0.25, -0.2) is 9.78 Å². The van der Waals surface area contributed by atoms with Gasteiger partial charge in [0, 0.05) is 19.1 Å². The van der Waals surface area contributed by atoms with Crippen molar-refractivity contribution in [3.05, 3.63) is 34.8 Å². The number of hydrogen-bond acceptors (Lipinski definition) is 5. The Labute approximate surface area is 177 Å². The third kappa shape index (κ3) is 4.81. The van der Waals surface area contributed by atoms with Gasteiger partial charge in [-0.15, -0.1) is 11.3 Å². The zero-order valence-electron chi connectivity index (χ0n) is 17.8. The monoisotopic (exact) mass is 413 g/mol. The number of aromatic nitrogens is 1. The summed E-state index contributed by atoms with van der Waals surface area (Å²) in [6.45, 7) is 10.3. The van der Waals surface area contributed by atoms with Crippen molar-refractivity contribution in [2.45, 2.75) is 58.6 Å². The summed E-state index contributed by atoms with van der Waals surface area (Å²) in [6.07, 6.45) is 5.16. The second kappa shape index (κ2) is 8.07. The van der Waals surface area contributed by atoms with Gasteiger partial charge in [0.25, 0.3) is 0 Å². The summed E-state index contributed by atoms with van der Waals surface area (Å²) in [5.41, 5.74) is 3.20. The molecule has 1 fully saturated rings. The molecule has 1 aromatic carbocycles. The van der Waals surface area contributed by atoms with Gasteiger partial charge in [0.15, 0.2) is 0 Å². The normalized spacial score (nSPS) is 23.2. The number of nitrogens with zero attached hydrogens (tertiary/aromatic N) is 2. The second-order valence-corrected chi connectivity index (χ2v) is 10.3. The molecule has 1 amide bonds. The zero-order chi connectivity index (χ0) is 20.6. The number of rotatable bonds is 2. The molecule has 6 heteroatoms. The number of amides is 1. The number of carbonyl (C=O) groups excluding carboxylic acids is 1. The van der Waals surface area contributed by atoms with E-state index < -0.39 is 5.60 Å². The van der Waals surface area contributed by atoms with Crippen LogP contribution in [0.3, 0.4) is 0 Å². The van der Waals surface area contributed by atoms with Crippen molar-refractivity contribution in [2.75, 3.05) is 19.6 Å². The van der Waals surface area contributed by atoms with E-state index in [0.717, 1.165) is 29.4 Å². The van der Waals surface area contributed by atoms with Gasteiger partial charge in [-0.1, -0.05) is 19.1 Å². The third-order valence-corrected chi connectivity index (χ3v) is 6.72. The van der Waals surface area contributed by atoms with Crippen LogP contribution in [0.2, 0.25) is 0 Å². The van der Waals surface area contributed by atoms with Crippen LogP contribution in [-0.4, -0.2) is 41.2 Å². The predicted molar refractivity (Wildman–Crippen MR) is 119 cm³/mol. The number of nitrogens with one attached hydrogen (secondary N) is 1. The van der Waals surface area contributed by atoms with E-state index in [1.54, 1.807) is 16.2 Å². The lowest BCUT2D eigenvalue weighted by atomic mass is 9.92. The van der Waals surface area contributed by atoms with Crippen molar-refractivity contribution in [3.63, 3.8) is 0 Å². The van der Waals surface area contributed by atoms with Crippen LogP contribution in [0.1, 0.15) is 63.6 Å². The molecule has 4 rings (SSSR count). The highest BCUT2D eigenvalue weighted by molar-refractivity contribution is 7.19. The van der Waals surface area contributed by atoms with Crippen molar-refractivity contribution in [2.24, 2.45) is 5.92 Å². The largest absolute Gasteiger partial charge is 0.444 e. The molecular weight excluding hydrogens is 382 g/mol. The van der Waals surface area contributed by atoms with E-state index in [2.05, 4.69) is 36.5 Å². The number of thiazole rings is 1. The Morgan fingerprint density at radius 1 is 1.31 bits per heavy atom. The van der Waals surface area contributed by atoms with Crippen LogP contribution in [-0.2, 0) is 4.74 Å². The molecule has 5 nitrogen and oxygen atoms in total. The number of fused-ring (bicyclic) bond motifs is 1. The van der Waals surface area contributed by atoms with Crippen LogP contribution >= 0.6 is 11.3 Å². The fourth-order valence-electron chi connectivity index (χ4n) is 3.94. The van der Waals surface area contributed by atoms with Crippen LogP contribution in [0, 0.1) is 5.92 Å². The van der Waals surface area contributed by atoms with E-state index in [4.69, 9.17) is 9.72 Å². The van der Waals surface area contributed by atoms with Gasteiger partial charge in [0.2, 0.25) is 0 Å². The summed E-state index contributed by atoms with van der Waals surface area (Å²) >= 11 is 1.74. The molecule has 2 aliphatic rings. The summed E-state index contributed by atoms with van der Waals surface area (Å²) in [5.74, 6) is 0.763. The van der Waals surface area contributed by atoms with E-state index in [-0.39, 0.29) is 6.09 Å². The molecule has 1 saturated heterocycles. The molecule has 0 radical (unpaired) electrons. The summed E-state index contributed by atoms with van der Waals surface area (Å²) in [6, 6.07) is 7.15. The molecule has 0 unspecified atom stereocenters. The molecule has 3 heterocycles. The molecule has 156 valence electrons. The molecule has 1 aromatic heterocycles. The molecular formula is C23H31N3O2S. The van der Waals surface area contributed by atoms with E-state index in [1.807, 2.05) is 20.8 Å². The lowest BCUT2D eigenvalue weighted by Gasteiger charge is -2.29. The number of hydrogen-bond donors (Lipinski definition) is 1. The fourth-order valence-corrected chi connectivity index (χ4v) is 4.95. The van der Waals surface area contributed by atoms with Gasteiger partial charge in [0.05, 0.1) is 10.2 Å². The molecule has 0 spiro atoms. The van der Waals surface area contributed by atoms with Crippen molar-refractivity contribution < 1.29 is 9.53 Å².